The first kappa shape index (κ1) is 20.9. The van der Waals surface area contributed by atoms with Gasteiger partial charge in [0.25, 0.3) is 5.91 Å². The lowest BCUT2D eigenvalue weighted by atomic mass is 9.97. The highest BCUT2D eigenvalue weighted by molar-refractivity contribution is 6.20. The Bertz CT molecular complexity index is 1470. The molecule has 2 fully saturated rings. The summed E-state index contributed by atoms with van der Waals surface area (Å²) in [6.07, 6.45) is 1.38. The Hall–Kier alpha value is -3.68. The van der Waals surface area contributed by atoms with Gasteiger partial charge in [0.1, 0.15) is 11.9 Å². The van der Waals surface area contributed by atoms with Crippen molar-refractivity contribution in [2.24, 2.45) is 11.7 Å². The van der Waals surface area contributed by atoms with Gasteiger partial charge in [0.05, 0.1) is 24.3 Å². The van der Waals surface area contributed by atoms with Crippen LogP contribution in [0.4, 0.5) is 4.39 Å². The van der Waals surface area contributed by atoms with Crippen molar-refractivity contribution in [2.75, 3.05) is 13.1 Å². The van der Waals surface area contributed by atoms with Gasteiger partial charge >= 0.3 is 0 Å². The summed E-state index contributed by atoms with van der Waals surface area (Å²) in [5.41, 5.74) is 11.0. The number of alkyl halides is 1. The Kier molecular flexibility index (Phi) is 4.56. The molecule has 2 aromatic heterocycles. The van der Waals surface area contributed by atoms with Crippen molar-refractivity contribution in [3.63, 3.8) is 0 Å². The topological polar surface area (TPSA) is 94.4 Å². The number of benzene rings is 2. The average Bonchev–Trinajstić information content (AvgIpc) is 3.48. The van der Waals surface area contributed by atoms with Crippen LogP contribution in [0.5, 0.6) is 0 Å². The first-order chi connectivity index (χ1) is 16.3. The molecular formula is C26H25FN4O3. The molecule has 0 spiro atoms. The molecule has 2 aliphatic rings. The lowest BCUT2D eigenvalue weighted by Gasteiger charge is -2.34. The van der Waals surface area contributed by atoms with E-state index in [1.165, 1.54) is 17.7 Å². The van der Waals surface area contributed by atoms with Gasteiger partial charge in [-0.3, -0.25) is 9.59 Å². The second-order valence-electron chi connectivity index (χ2n) is 9.57. The first-order valence-electron chi connectivity index (χ1n) is 11.6. The fourth-order valence-electron chi connectivity index (χ4n) is 5.12. The van der Waals surface area contributed by atoms with Crippen LogP contribution in [0.3, 0.4) is 0 Å². The third kappa shape index (κ3) is 3.20. The zero-order valence-electron chi connectivity index (χ0n) is 19.1. The van der Waals surface area contributed by atoms with Gasteiger partial charge in [-0.05, 0) is 68.5 Å². The number of nitrogens with zero attached hydrogens (tertiary/aromatic N) is 3. The van der Waals surface area contributed by atoms with Crippen molar-refractivity contribution in [3.8, 4) is 11.1 Å². The largest absolute Gasteiger partial charge is 0.366 e. The molecule has 7 nitrogen and oxygen atoms in total. The molecule has 0 radical (unpaired) electrons. The zero-order chi connectivity index (χ0) is 23.7. The lowest BCUT2D eigenvalue weighted by molar-refractivity contribution is 0.0400. The molecule has 2 N–H and O–H groups in total. The smallest absolute Gasteiger partial charge is 0.254 e. The maximum atomic E-state index is 13.3. The summed E-state index contributed by atoms with van der Waals surface area (Å²) in [6.45, 7) is 4.78. The lowest BCUT2D eigenvalue weighted by Crippen LogP contribution is -2.51. The monoisotopic (exact) mass is 460 g/mol. The van der Waals surface area contributed by atoms with Crippen molar-refractivity contribution in [1.82, 2.24) is 14.6 Å². The van der Waals surface area contributed by atoms with E-state index in [-0.39, 0.29) is 19.0 Å². The molecule has 1 saturated carbocycles. The van der Waals surface area contributed by atoms with E-state index in [0.29, 0.717) is 22.8 Å². The van der Waals surface area contributed by atoms with Crippen LogP contribution in [-0.2, 0) is 6.54 Å². The summed E-state index contributed by atoms with van der Waals surface area (Å²) in [7, 11) is 0. The standard InChI is InChI=1S/C26H25FN4O3/c1-13-23(14(2)34-29-13)17-8-20(25(28)32)24-19-7-16(26(33)30-11-18(27)12-30)5-6-21(19)31(22(24)9-17)10-15-3-4-15/h5-9,15,18H,3-4,10-12H2,1-2H3,(H2,28,32). The Balaban J connectivity index is 1.62. The van der Waals surface area contributed by atoms with E-state index in [9.17, 15) is 14.0 Å². The van der Waals surface area contributed by atoms with E-state index in [1.807, 2.05) is 26.0 Å². The van der Waals surface area contributed by atoms with Gasteiger partial charge in [0, 0.05) is 39.5 Å². The number of aromatic nitrogens is 2. The molecule has 1 aliphatic heterocycles. The van der Waals surface area contributed by atoms with Crippen LogP contribution < -0.4 is 5.73 Å². The van der Waals surface area contributed by atoms with E-state index < -0.39 is 12.1 Å². The number of aryl methyl sites for hydroxylation is 2. The molecule has 6 rings (SSSR count). The van der Waals surface area contributed by atoms with Crippen molar-refractivity contribution >= 4 is 33.6 Å². The van der Waals surface area contributed by atoms with Crippen LogP contribution in [0.15, 0.2) is 34.9 Å². The number of likely N-dealkylation sites (tertiary alicyclic amines) is 1. The van der Waals surface area contributed by atoms with Crippen LogP contribution >= 0.6 is 0 Å². The minimum atomic E-state index is -0.961. The third-order valence-corrected chi connectivity index (χ3v) is 7.06. The molecule has 8 heteroatoms. The van der Waals surface area contributed by atoms with E-state index in [0.717, 1.165) is 45.2 Å². The maximum Gasteiger partial charge on any atom is 0.254 e. The Morgan fingerprint density at radius 2 is 1.91 bits per heavy atom. The molecule has 4 aromatic rings. The highest BCUT2D eigenvalue weighted by Gasteiger charge is 2.32. The van der Waals surface area contributed by atoms with Crippen molar-refractivity contribution in [2.45, 2.75) is 39.4 Å². The molecule has 1 aliphatic carbocycles. The van der Waals surface area contributed by atoms with Gasteiger partial charge in [-0.2, -0.15) is 0 Å². The summed E-state index contributed by atoms with van der Waals surface area (Å²) in [4.78, 5) is 27.1. The van der Waals surface area contributed by atoms with E-state index in [2.05, 4.69) is 15.8 Å². The molecule has 2 amide bonds. The number of halogens is 1. The molecule has 0 atom stereocenters. The molecule has 34 heavy (non-hydrogen) atoms. The molecule has 2 aromatic carbocycles. The van der Waals surface area contributed by atoms with E-state index >= 15 is 0 Å². The van der Waals surface area contributed by atoms with Crippen molar-refractivity contribution < 1.29 is 18.5 Å². The number of amides is 2. The quantitative estimate of drug-likeness (QED) is 0.479. The van der Waals surface area contributed by atoms with Crippen molar-refractivity contribution in [1.29, 1.82) is 0 Å². The van der Waals surface area contributed by atoms with Crippen LogP contribution in [0, 0.1) is 19.8 Å². The molecule has 3 heterocycles. The Labute approximate surface area is 195 Å². The maximum absolute atomic E-state index is 13.3. The van der Waals surface area contributed by atoms with Crippen LogP contribution in [0.25, 0.3) is 32.9 Å². The van der Waals surface area contributed by atoms with Gasteiger partial charge in [0.2, 0.25) is 5.91 Å². The molecular weight excluding hydrogens is 435 g/mol. The summed E-state index contributed by atoms with van der Waals surface area (Å²) < 4.78 is 20.9. The number of hydrogen-bond acceptors (Lipinski definition) is 4. The van der Waals surface area contributed by atoms with Gasteiger partial charge in [-0.25, -0.2) is 4.39 Å². The number of nitrogens with two attached hydrogens (primary N) is 1. The SMILES string of the molecule is Cc1noc(C)c1-c1cc(C(N)=O)c2c3cc(C(=O)N4CC(F)C4)ccc3n(CC3CC3)c2c1. The van der Waals surface area contributed by atoms with Gasteiger partial charge in [-0.15, -0.1) is 0 Å². The predicted molar refractivity (Wildman–Crippen MR) is 126 cm³/mol. The summed E-state index contributed by atoms with van der Waals surface area (Å²) in [5.74, 6) is 0.517. The zero-order valence-corrected chi connectivity index (χ0v) is 19.1. The molecule has 0 unspecified atom stereocenters. The minimum Gasteiger partial charge on any atom is -0.366 e. The average molecular weight is 461 g/mol. The van der Waals surface area contributed by atoms with Gasteiger partial charge in [-0.1, -0.05) is 5.16 Å². The molecule has 1 saturated heterocycles. The van der Waals surface area contributed by atoms with Crippen LogP contribution in [0.2, 0.25) is 0 Å². The first-order valence-corrected chi connectivity index (χ1v) is 11.6. The van der Waals surface area contributed by atoms with E-state index in [1.54, 1.807) is 12.1 Å². The minimum absolute atomic E-state index is 0.119. The highest BCUT2D eigenvalue weighted by atomic mass is 19.1. The Morgan fingerprint density at radius 3 is 2.53 bits per heavy atom. The summed E-state index contributed by atoms with van der Waals surface area (Å²) >= 11 is 0. The van der Waals surface area contributed by atoms with Gasteiger partial charge in [0.15, 0.2) is 0 Å². The number of hydrogen-bond donors (Lipinski definition) is 1. The second-order valence-corrected chi connectivity index (χ2v) is 9.57. The Morgan fingerprint density at radius 1 is 1.15 bits per heavy atom. The van der Waals surface area contributed by atoms with Crippen LogP contribution in [0.1, 0.15) is 45.0 Å². The number of primary amides is 1. The predicted octanol–water partition coefficient (Wildman–Crippen LogP) is 4.37. The fraction of sp³-hybridized carbons (Fsp3) is 0.346. The fourth-order valence-corrected chi connectivity index (χ4v) is 5.12. The molecule has 0 bridgehead atoms. The van der Waals surface area contributed by atoms with Crippen molar-refractivity contribution in [3.05, 3.63) is 52.9 Å². The number of carbonyl (C=O) groups is 2. The van der Waals surface area contributed by atoms with E-state index in [4.69, 9.17) is 10.3 Å². The summed E-state index contributed by atoms with van der Waals surface area (Å²) in [5, 5.41) is 5.61. The van der Waals surface area contributed by atoms with Gasteiger partial charge < -0.3 is 19.7 Å². The molecule has 174 valence electrons. The number of fused-ring (bicyclic) bond motifs is 3. The second kappa shape index (κ2) is 7.41. The highest BCUT2D eigenvalue weighted by Crippen LogP contribution is 2.40. The normalized spacial score (nSPS) is 16.4. The summed E-state index contributed by atoms with van der Waals surface area (Å²) in [6, 6.07) is 9.38. The van der Waals surface area contributed by atoms with Crippen LogP contribution in [-0.4, -0.2) is 45.7 Å². The number of rotatable bonds is 5. The number of carbonyl (C=O) groups excluding carboxylic acids is 2. The third-order valence-electron chi connectivity index (χ3n) is 7.06.